The second kappa shape index (κ2) is 7.64. The van der Waals surface area contributed by atoms with Gasteiger partial charge in [-0.05, 0) is 36.9 Å². The molecule has 0 aliphatic heterocycles. The quantitative estimate of drug-likeness (QED) is 0.438. The Hall–Kier alpha value is -2.24. The average Bonchev–Trinajstić information content (AvgIpc) is 3.25. The van der Waals surface area contributed by atoms with Crippen molar-refractivity contribution in [1.82, 2.24) is 9.19 Å². The molecular formula is C17H14F2N2O4S3. The molecule has 0 saturated heterocycles. The van der Waals surface area contributed by atoms with Gasteiger partial charge in [0.05, 0.1) is 17.0 Å². The fourth-order valence-electron chi connectivity index (χ4n) is 2.57. The van der Waals surface area contributed by atoms with Crippen LogP contribution in [0.1, 0.15) is 15.2 Å². The SMILES string of the molecule is COC(=O)c1sc(SC)c(-c2ccn(S(=O)(=O)c3ccc(F)cc3F)n2)c1C. The molecule has 0 saturated carbocycles. The van der Waals surface area contributed by atoms with Gasteiger partial charge in [0.2, 0.25) is 0 Å². The number of thiophene rings is 1. The molecule has 0 spiro atoms. The summed E-state index contributed by atoms with van der Waals surface area (Å²) in [4.78, 5) is 11.7. The molecule has 2 aromatic heterocycles. The Labute approximate surface area is 168 Å². The third-order valence-corrected chi connectivity index (χ3v) is 7.89. The third kappa shape index (κ3) is 3.45. The van der Waals surface area contributed by atoms with E-state index in [2.05, 4.69) is 5.10 Å². The molecule has 0 aliphatic carbocycles. The van der Waals surface area contributed by atoms with E-state index in [1.54, 1.807) is 6.92 Å². The first-order chi connectivity index (χ1) is 13.2. The van der Waals surface area contributed by atoms with Gasteiger partial charge in [0, 0.05) is 17.8 Å². The van der Waals surface area contributed by atoms with Crippen molar-refractivity contribution in [1.29, 1.82) is 0 Å². The van der Waals surface area contributed by atoms with Crippen molar-refractivity contribution in [2.75, 3.05) is 13.4 Å². The predicted octanol–water partition coefficient (Wildman–Crippen LogP) is 3.94. The first-order valence-corrected chi connectivity index (χ1v) is 11.2. The summed E-state index contributed by atoms with van der Waals surface area (Å²) in [5, 5.41) is 4.07. The normalized spacial score (nSPS) is 11.6. The molecule has 1 aromatic carbocycles. The average molecular weight is 445 g/mol. The monoisotopic (exact) mass is 444 g/mol. The summed E-state index contributed by atoms with van der Waals surface area (Å²) in [7, 11) is -3.08. The standard InChI is InChI=1S/C17H14F2N2O4S3/c1-9-14(17(26-3)27-15(9)16(22)25-2)12-6-7-21(20-12)28(23,24)13-5-4-10(18)8-11(13)19/h4-8H,1-3H3. The van der Waals surface area contributed by atoms with Crippen molar-refractivity contribution >= 4 is 39.1 Å². The van der Waals surface area contributed by atoms with Crippen LogP contribution in [0, 0.1) is 18.6 Å². The lowest BCUT2D eigenvalue weighted by molar-refractivity contribution is 0.0605. The Morgan fingerprint density at radius 2 is 2.00 bits per heavy atom. The van der Waals surface area contributed by atoms with Crippen LogP contribution in [-0.4, -0.2) is 36.9 Å². The fourth-order valence-corrected chi connectivity index (χ4v) is 5.75. The summed E-state index contributed by atoms with van der Waals surface area (Å²) >= 11 is 2.60. The van der Waals surface area contributed by atoms with E-state index in [1.165, 1.54) is 42.5 Å². The number of benzene rings is 1. The number of halogens is 2. The molecule has 3 aromatic rings. The molecule has 0 aliphatic rings. The van der Waals surface area contributed by atoms with Crippen LogP contribution in [0.5, 0.6) is 0 Å². The predicted molar refractivity (Wildman–Crippen MR) is 102 cm³/mol. The summed E-state index contributed by atoms with van der Waals surface area (Å²) in [5.41, 5.74) is 1.52. The number of methoxy groups -OCH3 is 1. The topological polar surface area (TPSA) is 78.3 Å². The van der Waals surface area contributed by atoms with E-state index in [-0.39, 0.29) is 0 Å². The zero-order chi connectivity index (χ0) is 20.6. The third-order valence-electron chi connectivity index (χ3n) is 3.91. The van der Waals surface area contributed by atoms with Crippen LogP contribution in [0.2, 0.25) is 0 Å². The Bertz CT molecular complexity index is 1170. The van der Waals surface area contributed by atoms with Crippen molar-refractivity contribution < 1.29 is 26.7 Å². The first kappa shape index (κ1) is 20.5. The Morgan fingerprint density at radius 1 is 1.29 bits per heavy atom. The van der Waals surface area contributed by atoms with Crippen molar-refractivity contribution in [2.24, 2.45) is 0 Å². The van der Waals surface area contributed by atoms with Gasteiger partial charge in [0.15, 0.2) is 0 Å². The molecule has 0 bridgehead atoms. The largest absolute Gasteiger partial charge is 0.465 e. The van der Waals surface area contributed by atoms with Gasteiger partial charge in [-0.15, -0.1) is 23.1 Å². The maximum Gasteiger partial charge on any atom is 0.348 e. The van der Waals surface area contributed by atoms with E-state index in [0.717, 1.165) is 16.3 Å². The summed E-state index contributed by atoms with van der Waals surface area (Å²) in [5.74, 6) is -2.59. The zero-order valence-corrected chi connectivity index (χ0v) is 17.3. The molecule has 0 amide bonds. The van der Waals surface area contributed by atoms with Gasteiger partial charge in [-0.3, -0.25) is 0 Å². The van der Waals surface area contributed by atoms with Crippen LogP contribution in [-0.2, 0) is 14.8 Å². The second-order valence-electron chi connectivity index (χ2n) is 5.57. The number of thioether (sulfide) groups is 1. The Balaban J connectivity index is 2.10. The minimum atomic E-state index is -4.35. The Kier molecular flexibility index (Phi) is 5.60. The van der Waals surface area contributed by atoms with Crippen LogP contribution in [0.4, 0.5) is 8.78 Å². The molecule has 0 atom stereocenters. The van der Waals surface area contributed by atoms with Gasteiger partial charge in [-0.25, -0.2) is 13.6 Å². The Morgan fingerprint density at radius 3 is 2.61 bits per heavy atom. The lowest BCUT2D eigenvalue weighted by atomic mass is 10.1. The highest BCUT2D eigenvalue weighted by molar-refractivity contribution is 8.00. The number of nitrogens with zero attached hydrogens (tertiary/aromatic N) is 2. The summed E-state index contributed by atoms with van der Waals surface area (Å²) < 4.78 is 58.6. The van der Waals surface area contributed by atoms with Gasteiger partial charge in [-0.1, -0.05) is 0 Å². The van der Waals surface area contributed by atoms with Crippen LogP contribution in [0.25, 0.3) is 11.3 Å². The van der Waals surface area contributed by atoms with E-state index < -0.39 is 32.5 Å². The highest BCUT2D eigenvalue weighted by Crippen LogP contribution is 2.41. The van der Waals surface area contributed by atoms with Crippen molar-refractivity contribution in [3.05, 3.63) is 52.5 Å². The van der Waals surface area contributed by atoms with Crippen molar-refractivity contribution in [3.8, 4) is 11.3 Å². The maximum atomic E-state index is 14.0. The molecule has 0 fully saturated rings. The summed E-state index contributed by atoms with van der Waals surface area (Å²) in [6.07, 6.45) is 2.99. The van der Waals surface area contributed by atoms with Gasteiger partial charge < -0.3 is 4.74 Å². The van der Waals surface area contributed by atoms with Crippen LogP contribution >= 0.6 is 23.1 Å². The molecule has 3 rings (SSSR count). The summed E-state index contributed by atoms with van der Waals surface area (Å²) in [6.45, 7) is 1.71. The van der Waals surface area contributed by atoms with Crippen LogP contribution in [0.15, 0.2) is 39.6 Å². The minimum Gasteiger partial charge on any atom is -0.465 e. The van der Waals surface area contributed by atoms with Gasteiger partial charge >= 0.3 is 5.97 Å². The van der Waals surface area contributed by atoms with Crippen LogP contribution < -0.4 is 0 Å². The number of esters is 1. The van der Waals surface area contributed by atoms with Crippen LogP contribution in [0.3, 0.4) is 0 Å². The minimum absolute atomic E-state index is 0.305. The van der Waals surface area contributed by atoms with Crippen molar-refractivity contribution in [3.63, 3.8) is 0 Å². The second-order valence-corrected chi connectivity index (χ2v) is 9.43. The van der Waals surface area contributed by atoms with Gasteiger partial charge in [-0.2, -0.15) is 17.6 Å². The molecule has 28 heavy (non-hydrogen) atoms. The summed E-state index contributed by atoms with van der Waals surface area (Å²) in [6, 6.07) is 3.65. The highest BCUT2D eigenvalue weighted by atomic mass is 32.2. The fraction of sp³-hybridized carbons (Fsp3) is 0.176. The maximum absolute atomic E-state index is 14.0. The number of ether oxygens (including phenoxy) is 1. The molecule has 148 valence electrons. The van der Waals surface area contributed by atoms with E-state index >= 15 is 0 Å². The van der Waals surface area contributed by atoms with E-state index in [0.29, 0.717) is 31.9 Å². The number of carbonyl (C=O) groups excluding carboxylic acids is 1. The molecule has 0 unspecified atom stereocenters. The lowest BCUT2D eigenvalue weighted by Crippen LogP contribution is -2.15. The number of aromatic nitrogens is 2. The molecule has 0 radical (unpaired) electrons. The molecular weight excluding hydrogens is 430 g/mol. The van der Waals surface area contributed by atoms with E-state index in [4.69, 9.17) is 4.74 Å². The highest BCUT2D eigenvalue weighted by Gasteiger charge is 2.26. The zero-order valence-electron chi connectivity index (χ0n) is 14.9. The number of hydrogen-bond donors (Lipinski definition) is 0. The van der Waals surface area contributed by atoms with Gasteiger partial charge in [0.1, 0.15) is 21.4 Å². The number of rotatable bonds is 5. The molecule has 2 heterocycles. The molecule has 11 heteroatoms. The molecule has 0 N–H and O–H groups in total. The first-order valence-electron chi connectivity index (χ1n) is 7.73. The lowest BCUT2D eigenvalue weighted by Gasteiger charge is -2.06. The van der Waals surface area contributed by atoms with E-state index in [9.17, 15) is 22.0 Å². The van der Waals surface area contributed by atoms with Crippen molar-refractivity contribution in [2.45, 2.75) is 16.0 Å². The molecule has 6 nitrogen and oxygen atoms in total. The number of carbonyl (C=O) groups is 1. The number of hydrogen-bond acceptors (Lipinski definition) is 7. The van der Waals surface area contributed by atoms with Gasteiger partial charge in [0.25, 0.3) is 10.0 Å². The smallest absolute Gasteiger partial charge is 0.348 e. The van der Waals surface area contributed by atoms with E-state index in [1.807, 2.05) is 6.26 Å².